The van der Waals surface area contributed by atoms with Gasteiger partial charge in [0.25, 0.3) is 0 Å². The van der Waals surface area contributed by atoms with Crippen molar-refractivity contribution in [1.29, 1.82) is 5.26 Å². The molecule has 168 valence electrons. The van der Waals surface area contributed by atoms with Crippen molar-refractivity contribution in [2.45, 2.75) is 33.8 Å². The minimum atomic E-state index is -2.44. The highest BCUT2D eigenvalue weighted by Crippen LogP contribution is 2.35. The van der Waals surface area contributed by atoms with E-state index < -0.39 is 27.0 Å². The van der Waals surface area contributed by atoms with Gasteiger partial charge in [0.1, 0.15) is 29.8 Å². The van der Waals surface area contributed by atoms with Gasteiger partial charge in [0.05, 0.1) is 22.7 Å². The van der Waals surface area contributed by atoms with E-state index in [0.29, 0.717) is 22.7 Å². The first-order valence-electron chi connectivity index (χ1n) is 9.89. The fourth-order valence-corrected chi connectivity index (χ4v) is 3.66. The van der Waals surface area contributed by atoms with Crippen LogP contribution in [0.4, 0.5) is 21.6 Å². The lowest BCUT2D eigenvalue weighted by Crippen LogP contribution is -2.30. The first kappa shape index (κ1) is 23.3. The second kappa shape index (κ2) is 8.63. The molecule has 32 heavy (non-hydrogen) atoms. The van der Waals surface area contributed by atoms with Gasteiger partial charge in [0.2, 0.25) is 0 Å². The van der Waals surface area contributed by atoms with E-state index in [1.807, 2.05) is 13.0 Å². The van der Waals surface area contributed by atoms with Crippen LogP contribution in [0, 0.1) is 29.5 Å². The Bertz CT molecular complexity index is 1320. The SMILES string of the molecule is C=S(C)(=O)Nc1cc(C)c2c(Nc3ccc(F)cc3OC(C)C(C)(C)C#N)ncnc2c1. The summed E-state index contributed by atoms with van der Waals surface area (Å²) in [5.41, 5.74) is 1.86. The fraction of sp³-hybridized carbons (Fsp3) is 0.304. The Labute approximate surface area is 187 Å². The maximum Gasteiger partial charge on any atom is 0.146 e. The molecule has 2 unspecified atom stereocenters. The van der Waals surface area contributed by atoms with Gasteiger partial charge in [-0.05, 0) is 63.4 Å². The second-order valence-corrected chi connectivity index (χ2v) is 10.6. The van der Waals surface area contributed by atoms with Crippen molar-refractivity contribution in [3.05, 3.63) is 48.0 Å². The van der Waals surface area contributed by atoms with Crippen LogP contribution >= 0.6 is 0 Å². The van der Waals surface area contributed by atoms with Crippen molar-refractivity contribution >= 4 is 43.7 Å². The molecule has 3 aromatic rings. The number of aromatic nitrogens is 2. The van der Waals surface area contributed by atoms with Gasteiger partial charge >= 0.3 is 0 Å². The number of anilines is 3. The number of nitrogens with one attached hydrogen (secondary N) is 2. The van der Waals surface area contributed by atoms with E-state index in [1.54, 1.807) is 32.9 Å². The highest BCUT2D eigenvalue weighted by atomic mass is 32.2. The predicted octanol–water partition coefficient (Wildman–Crippen LogP) is 4.81. The van der Waals surface area contributed by atoms with E-state index in [9.17, 15) is 13.9 Å². The molecule has 0 aliphatic rings. The van der Waals surface area contributed by atoms with Crippen LogP contribution in [0.2, 0.25) is 0 Å². The van der Waals surface area contributed by atoms with Gasteiger partial charge in [-0.25, -0.2) is 18.6 Å². The molecule has 7 nitrogen and oxygen atoms in total. The van der Waals surface area contributed by atoms with Gasteiger partial charge < -0.3 is 14.8 Å². The summed E-state index contributed by atoms with van der Waals surface area (Å²) in [6.45, 7) is 7.18. The minimum absolute atomic E-state index is 0.270. The highest BCUT2D eigenvalue weighted by molar-refractivity contribution is 8.00. The monoisotopic (exact) mass is 455 g/mol. The van der Waals surface area contributed by atoms with E-state index in [0.717, 1.165) is 10.9 Å². The normalized spacial score (nSPS) is 14.3. The third-order valence-corrected chi connectivity index (χ3v) is 5.74. The number of benzene rings is 2. The van der Waals surface area contributed by atoms with Gasteiger partial charge in [0, 0.05) is 33.1 Å². The molecule has 0 amide bonds. The molecule has 2 aromatic carbocycles. The van der Waals surface area contributed by atoms with E-state index in [2.05, 4.69) is 31.9 Å². The average Bonchev–Trinajstić information content (AvgIpc) is 2.68. The van der Waals surface area contributed by atoms with Gasteiger partial charge in [-0.15, -0.1) is 0 Å². The standard InChI is InChI=1S/C23H26FN5O2S/c1-14-9-17(29-32(5,6)30)11-19-21(14)22(27-13-26-19)28-18-8-7-16(24)10-20(18)31-15(2)23(3,4)12-25/h7-11,13,15H,5H2,1-4,6H3,(H,29,30)(H,26,27,28). The number of rotatable bonds is 7. The number of ether oxygens (including phenoxy) is 1. The number of hydrogen-bond acceptors (Lipinski definition) is 6. The van der Waals surface area contributed by atoms with Crippen LogP contribution < -0.4 is 14.8 Å². The largest absolute Gasteiger partial charge is 0.487 e. The van der Waals surface area contributed by atoms with Gasteiger partial charge in [-0.2, -0.15) is 5.26 Å². The van der Waals surface area contributed by atoms with Crippen LogP contribution in [-0.4, -0.2) is 32.4 Å². The lowest BCUT2D eigenvalue weighted by molar-refractivity contribution is 0.129. The van der Waals surface area contributed by atoms with Gasteiger partial charge in [-0.1, -0.05) is 0 Å². The molecule has 1 aromatic heterocycles. The number of nitrogens with zero attached hydrogens (tertiary/aromatic N) is 3. The molecule has 9 heteroatoms. The summed E-state index contributed by atoms with van der Waals surface area (Å²) in [6.07, 6.45) is 2.44. The summed E-state index contributed by atoms with van der Waals surface area (Å²) >= 11 is 0. The number of nitriles is 1. The zero-order valence-electron chi connectivity index (χ0n) is 18.7. The lowest BCUT2D eigenvalue weighted by Gasteiger charge is -2.26. The number of halogens is 1. The molecule has 0 radical (unpaired) electrons. The van der Waals surface area contributed by atoms with Crippen LogP contribution in [0.5, 0.6) is 5.75 Å². The molecule has 2 N–H and O–H groups in total. The van der Waals surface area contributed by atoms with E-state index in [-0.39, 0.29) is 5.75 Å². The van der Waals surface area contributed by atoms with Crippen molar-refractivity contribution in [2.75, 3.05) is 16.3 Å². The zero-order valence-corrected chi connectivity index (χ0v) is 19.5. The molecule has 2 atom stereocenters. The first-order valence-corrected chi connectivity index (χ1v) is 12.0. The maximum atomic E-state index is 14.0. The van der Waals surface area contributed by atoms with Crippen LogP contribution in [0.1, 0.15) is 26.3 Å². The summed E-state index contributed by atoms with van der Waals surface area (Å²) in [5.74, 6) is 3.94. The summed E-state index contributed by atoms with van der Waals surface area (Å²) in [4.78, 5) is 8.69. The Hall–Kier alpha value is -3.38. The van der Waals surface area contributed by atoms with Crippen LogP contribution in [0.25, 0.3) is 10.9 Å². The Morgan fingerprint density at radius 2 is 2.00 bits per heavy atom. The summed E-state index contributed by atoms with van der Waals surface area (Å²) in [7, 11) is -2.44. The topological polar surface area (TPSA) is 99.9 Å². The number of aryl methyl sites for hydroxylation is 1. The maximum absolute atomic E-state index is 14.0. The quantitative estimate of drug-likeness (QED) is 0.496. The number of fused-ring (bicyclic) bond motifs is 1. The Morgan fingerprint density at radius 1 is 1.28 bits per heavy atom. The molecule has 0 fully saturated rings. The third-order valence-electron chi connectivity index (χ3n) is 5.07. The van der Waals surface area contributed by atoms with E-state index in [1.165, 1.54) is 24.7 Å². The molecule has 0 saturated carbocycles. The molecule has 0 saturated heterocycles. The Balaban J connectivity index is 2.02. The number of hydrogen-bond donors (Lipinski definition) is 2. The van der Waals surface area contributed by atoms with Crippen molar-refractivity contribution < 1.29 is 13.3 Å². The molecule has 0 aliphatic heterocycles. The predicted molar refractivity (Wildman–Crippen MR) is 128 cm³/mol. The summed E-state index contributed by atoms with van der Waals surface area (Å²) in [5, 5.41) is 13.3. The molecule has 0 bridgehead atoms. The first-order chi connectivity index (χ1) is 14.9. The van der Waals surface area contributed by atoms with Gasteiger partial charge in [0.15, 0.2) is 0 Å². The summed E-state index contributed by atoms with van der Waals surface area (Å²) < 4.78 is 34.8. The molecule has 0 aliphatic carbocycles. The molecule has 0 spiro atoms. The van der Waals surface area contributed by atoms with Crippen molar-refractivity contribution in [3.63, 3.8) is 0 Å². The van der Waals surface area contributed by atoms with Gasteiger partial charge in [-0.3, -0.25) is 0 Å². The van der Waals surface area contributed by atoms with Crippen LogP contribution in [0.3, 0.4) is 0 Å². The van der Waals surface area contributed by atoms with Crippen molar-refractivity contribution in [2.24, 2.45) is 5.41 Å². The Kier molecular flexibility index (Phi) is 6.28. The minimum Gasteiger partial charge on any atom is -0.487 e. The zero-order chi connectivity index (χ0) is 23.7. The lowest BCUT2D eigenvalue weighted by atomic mass is 9.89. The third kappa shape index (κ3) is 5.26. The van der Waals surface area contributed by atoms with Crippen molar-refractivity contribution in [3.8, 4) is 11.8 Å². The fourth-order valence-electron chi connectivity index (χ4n) is 3.05. The highest BCUT2D eigenvalue weighted by Gasteiger charge is 2.28. The molecule has 1 heterocycles. The molecular weight excluding hydrogens is 429 g/mol. The van der Waals surface area contributed by atoms with E-state index >= 15 is 0 Å². The average molecular weight is 456 g/mol. The van der Waals surface area contributed by atoms with E-state index in [4.69, 9.17) is 4.74 Å². The molecule has 3 rings (SSSR count). The molecular formula is C23H26FN5O2S. The summed E-state index contributed by atoms with van der Waals surface area (Å²) in [6, 6.07) is 9.97. The second-order valence-electron chi connectivity index (χ2n) is 8.38. The van der Waals surface area contributed by atoms with Crippen LogP contribution in [-0.2, 0) is 9.71 Å². The van der Waals surface area contributed by atoms with Crippen molar-refractivity contribution in [1.82, 2.24) is 9.97 Å². The smallest absolute Gasteiger partial charge is 0.146 e. The van der Waals surface area contributed by atoms with Crippen LogP contribution in [0.15, 0.2) is 36.7 Å². The Morgan fingerprint density at radius 3 is 2.66 bits per heavy atom.